The maximum absolute atomic E-state index is 14.2. The summed E-state index contributed by atoms with van der Waals surface area (Å²) in [5.41, 5.74) is -0.591. The zero-order valence-corrected chi connectivity index (χ0v) is 15.1. The number of alkyl halides is 2. The molecular formula is C15H12ClF3N4O4S. The first-order chi connectivity index (χ1) is 14.4. The van der Waals surface area contributed by atoms with Crippen molar-refractivity contribution < 1.29 is 35.2 Å². The zero-order chi connectivity index (χ0) is 23.0. The highest BCUT2D eigenvalue weighted by atomic mass is 35.5. The van der Waals surface area contributed by atoms with Gasteiger partial charge in [0.05, 0.1) is 27.9 Å². The standard InChI is InChI=1S/C15H12ClF3N4O4S/c1-26-15-10(4-9(17)14(21-15)27-7-13(18)19)22-28(24,25)12-5-20-23-6-8(16)2-3-11(12)23/h2-6,13,22H,7H2,1H3/i1D3. The van der Waals surface area contributed by atoms with Crippen molar-refractivity contribution in [1.82, 2.24) is 14.6 Å². The molecule has 0 saturated heterocycles. The average molecular weight is 440 g/mol. The third-order valence-electron chi connectivity index (χ3n) is 3.33. The molecule has 3 rings (SSSR count). The van der Waals surface area contributed by atoms with E-state index in [-0.39, 0.29) is 15.4 Å². The number of nitrogens with zero attached hydrogens (tertiary/aromatic N) is 3. The molecule has 3 heterocycles. The molecular weight excluding hydrogens is 425 g/mol. The van der Waals surface area contributed by atoms with Crippen LogP contribution in [0.1, 0.15) is 4.11 Å². The number of nitrogens with one attached hydrogen (secondary N) is 1. The first-order valence-corrected chi connectivity index (χ1v) is 9.18. The molecule has 0 saturated carbocycles. The minimum absolute atomic E-state index is 0.112. The summed E-state index contributed by atoms with van der Waals surface area (Å²) in [5.74, 6) is -3.23. The SMILES string of the molecule is [2H]C([2H])([2H])Oc1nc(OCC(F)F)c(F)cc1NS(=O)(=O)c1cnn2cc(Cl)ccc12. The zero-order valence-electron chi connectivity index (χ0n) is 16.6. The molecule has 1 N–H and O–H groups in total. The maximum Gasteiger partial charge on any atom is 0.272 e. The quantitative estimate of drug-likeness (QED) is 0.608. The Balaban J connectivity index is 2.02. The van der Waals surface area contributed by atoms with Gasteiger partial charge in [-0.05, 0) is 12.1 Å². The summed E-state index contributed by atoms with van der Waals surface area (Å²) in [6.07, 6.45) is -0.632. The Hall–Kier alpha value is -2.73. The number of fused-ring (bicyclic) bond motifs is 1. The van der Waals surface area contributed by atoms with Crippen LogP contribution in [0.2, 0.25) is 5.02 Å². The number of hydrogen-bond acceptors (Lipinski definition) is 6. The Morgan fingerprint density at radius 1 is 1.39 bits per heavy atom. The lowest BCUT2D eigenvalue weighted by molar-refractivity contribution is 0.0770. The molecule has 0 amide bonds. The van der Waals surface area contributed by atoms with Gasteiger partial charge in [-0.2, -0.15) is 10.1 Å². The number of ether oxygens (including phenoxy) is 2. The third kappa shape index (κ3) is 4.07. The fraction of sp³-hybridized carbons (Fsp3) is 0.200. The van der Waals surface area contributed by atoms with E-state index in [1.54, 1.807) is 0 Å². The lowest BCUT2D eigenvalue weighted by atomic mass is 10.4. The minimum atomic E-state index is -4.45. The van der Waals surface area contributed by atoms with Gasteiger partial charge in [-0.15, -0.1) is 0 Å². The van der Waals surface area contributed by atoms with Crippen molar-refractivity contribution in [2.75, 3.05) is 18.4 Å². The molecule has 150 valence electrons. The number of rotatable bonds is 7. The van der Waals surface area contributed by atoms with Crippen LogP contribution in [0.5, 0.6) is 11.8 Å². The summed E-state index contributed by atoms with van der Waals surface area (Å²) in [5, 5.41) is 4.14. The predicted molar refractivity (Wildman–Crippen MR) is 93.3 cm³/mol. The molecule has 8 nitrogen and oxygen atoms in total. The van der Waals surface area contributed by atoms with E-state index < -0.39 is 53.4 Å². The van der Waals surface area contributed by atoms with E-state index in [0.29, 0.717) is 6.07 Å². The highest BCUT2D eigenvalue weighted by molar-refractivity contribution is 7.93. The lowest BCUT2D eigenvalue weighted by Gasteiger charge is -2.13. The van der Waals surface area contributed by atoms with Gasteiger partial charge in [0.15, 0.2) is 12.4 Å². The van der Waals surface area contributed by atoms with E-state index in [9.17, 15) is 21.6 Å². The van der Waals surface area contributed by atoms with E-state index in [4.69, 9.17) is 15.7 Å². The van der Waals surface area contributed by atoms with Gasteiger partial charge in [0.2, 0.25) is 5.88 Å². The number of methoxy groups -OCH3 is 1. The second-order valence-electron chi connectivity index (χ2n) is 5.22. The Kier molecular flexibility index (Phi) is 4.48. The normalized spacial score (nSPS) is 13.8. The largest absolute Gasteiger partial charge is 0.479 e. The van der Waals surface area contributed by atoms with Gasteiger partial charge in [0.1, 0.15) is 10.6 Å². The van der Waals surface area contributed by atoms with E-state index in [1.807, 2.05) is 4.72 Å². The van der Waals surface area contributed by atoms with Crippen molar-refractivity contribution in [2.45, 2.75) is 11.3 Å². The molecule has 0 fully saturated rings. The molecule has 0 aromatic carbocycles. The molecule has 0 atom stereocenters. The topological polar surface area (TPSA) is 94.8 Å². The van der Waals surface area contributed by atoms with Crippen LogP contribution in [-0.2, 0) is 10.0 Å². The molecule has 3 aromatic rings. The number of halogens is 4. The second-order valence-corrected chi connectivity index (χ2v) is 7.31. The number of anilines is 1. The van der Waals surface area contributed by atoms with Crippen LogP contribution in [0.25, 0.3) is 5.52 Å². The van der Waals surface area contributed by atoms with Crippen molar-refractivity contribution in [3.05, 3.63) is 41.4 Å². The van der Waals surface area contributed by atoms with E-state index in [2.05, 4.69) is 19.6 Å². The van der Waals surface area contributed by atoms with Crippen LogP contribution in [0.4, 0.5) is 18.9 Å². The van der Waals surface area contributed by atoms with Crippen molar-refractivity contribution in [3.8, 4) is 11.8 Å². The maximum atomic E-state index is 14.2. The van der Waals surface area contributed by atoms with Crippen LogP contribution in [0.3, 0.4) is 0 Å². The monoisotopic (exact) mass is 439 g/mol. The van der Waals surface area contributed by atoms with Gasteiger partial charge < -0.3 is 9.47 Å². The molecule has 13 heteroatoms. The molecule has 0 aliphatic heterocycles. The fourth-order valence-corrected chi connectivity index (χ4v) is 3.52. The third-order valence-corrected chi connectivity index (χ3v) is 4.94. The van der Waals surface area contributed by atoms with Gasteiger partial charge in [0, 0.05) is 12.3 Å². The van der Waals surface area contributed by atoms with Gasteiger partial charge in [-0.3, -0.25) is 4.72 Å². The highest BCUT2D eigenvalue weighted by Crippen LogP contribution is 2.31. The predicted octanol–water partition coefficient (Wildman–Crippen LogP) is 2.98. The summed E-state index contributed by atoms with van der Waals surface area (Å²) < 4.78 is 98.2. The highest BCUT2D eigenvalue weighted by Gasteiger charge is 2.24. The summed E-state index contributed by atoms with van der Waals surface area (Å²) in [6, 6.07) is 3.27. The first kappa shape index (κ1) is 16.2. The summed E-state index contributed by atoms with van der Waals surface area (Å²) in [4.78, 5) is 3.05. The van der Waals surface area contributed by atoms with Crippen molar-refractivity contribution in [2.24, 2.45) is 0 Å². The summed E-state index contributed by atoms with van der Waals surface area (Å²) in [6.45, 7) is -1.23. The van der Waals surface area contributed by atoms with Crippen LogP contribution in [0.15, 0.2) is 35.5 Å². The van der Waals surface area contributed by atoms with E-state index in [0.717, 1.165) is 6.20 Å². The van der Waals surface area contributed by atoms with Gasteiger partial charge in [0.25, 0.3) is 22.3 Å². The van der Waals surface area contributed by atoms with Crippen LogP contribution >= 0.6 is 11.6 Å². The Morgan fingerprint density at radius 2 is 2.18 bits per heavy atom. The van der Waals surface area contributed by atoms with Gasteiger partial charge >= 0.3 is 0 Å². The number of hydrogen-bond donors (Lipinski definition) is 1. The van der Waals surface area contributed by atoms with Crippen molar-refractivity contribution in [3.63, 3.8) is 0 Å². The van der Waals surface area contributed by atoms with E-state index in [1.165, 1.54) is 22.8 Å². The Morgan fingerprint density at radius 3 is 2.89 bits per heavy atom. The van der Waals surface area contributed by atoms with Gasteiger partial charge in [-0.1, -0.05) is 11.6 Å². The van der Waals surface area contributed by atoms with Crippen LogP contribution in [-0.4, -0.2) is 43.1 Å². The number of sulfonamides is 1. The smallest absolute Gasteiger partial charge is 0.272 e. The molecule has 0 unspecified atom stereocenters. The van der Waals surface area contributed by atoms with Crippen molar-refractivity contribution >= 4 is 32.8 Å². The van der Waals surface area contributed by atoms with Gasteiger partial charge in [-0.25, -0.2) is 26.1 Å². The molecule has 28 heavy (non-hydrogen) atoms. The van der Waals surface area contributed by atoms with Crippen LogP contribution < -0.4 is 14.2 Å². The van der Waals surface area contributed by atoms with E-state index >= 15 is 0 Å². The average Bonchev–Trinajstić information content (AvgIpc) is 3.05. The molecule has 3 aromatic heterocycles. The summed E-state index contributed by atoms with van der Waals surface area (Å²) in [7, 11) is -7.57. The fourth-order valence-electron chi connectivity index (χ4n) is 2.19. The lowest BCUT2D eigenvalue weighted by Crippen LogP contribution is -2.15. The molecule has 0 aliphatic carbocycles. The second kappa shape index (κ2) is 7.72. The van der Waals surface area contributed by atoms with Crippen molar-refractivity contribution in [1.29, 1.82) is 0 Å². The summed E-state index contributed by atoms with van der Waals surface area (Å²) >= 11 is 5.83. The Bertz CT molecular complexity index is 1220. The molecule has 0 aliphatic rings. The number of aromatic nitrogens is 3. The molecule has 0 radical (unpaired) electrons. The number of pyridine rings is 2. The Labute approximate surface area is 166 Å². The minimum Gasteiger partial charge on any atom is -0.479 e. The van der Waals surface area contributed by atoms with Crippen LogP contribution in [0, 0.1) is 5.82 Å². The first-order valence-electron chi connectivity index (χ1n) is 8.82. The molecule has 0 bridgehead atoms. The molecule has 0 spiro atoms.